The molecule has 0 amide bonds. The van der Waals surface area contributed by atoms with Gasteiger partial charge in [-0.3, -0.25) is 9.98 Å². The van der Waals surface area contributed by atoms with Crippen molar-refractivity contribution < 1.29 is 9.47 Å². The molecule has 4 aliphatic heterocycles. The number of aliphatic imine (C=N–C) groups is 2. The Kier molecular flexibility index (Phi) is 6.25. The highest BCUT2D eigenvalue weighted by Crippen LogP contribution is 2.52. The number of hydrogen-bond donors (Lipinski definition) is 0. The van der Waals surface area contributed by atoms with Crippen molar-refractivity contribution in [1.82, 2.24) is 0 Å². The van der Waals surface area contributed by atoms with Crippen LogP contribution in [0.3, 0.4) is 0 Å². The van der Waals surface area contributed by atoms with Crippen LogP contribution in [0.25, 0.3) is 0 Å². The number of para-hydroxylation sites is 4. The second-order valence-electron chi connectivity index (χ2n) is 10.5. The van der Waals surface area contributed by atoms with Gasteiger partial charge in [-0.1, -0.05) is 24.3 Å². The van der Waals surface area contributed by atoms with Gasteiger partial charge in [0.05, 0.1) is 22.7 Å². The highest BCUT2D eigenvalue weighted by Gasteiger charge is 2.59. The van der Waals surface area contributed by atoms with E-state index >= 15 is 0 Å². The lowest BCUT2D eigenvalue weighted by Crippen LogP contribution is -2.72. The van der Waals surface area contributed by atoms with Crippen LogP contribution in [0, 0.1) is 0 Å². The molecule has 4 aliphatic rings. The van der Waals surface area contributed by atoms with Crippen LogP contribution in [0.5, 0.6) is 0 Å². The molecule has 0 spiro atoms. The average Bonchev–Trinajstić information content (AvgIpc) is 3.60. The van der Waals surface area contributed by atoms with E-state index in [1.165, 1.54) is 0 Å². The Morgan fingerprint density at radius 2 is 1.11 bits per heavy atom. The predicted molar refractivity (Wildman–Crippen MR) is 152 cm³/mol. The van der Waals surface area contributed by atoms with E-state index in [0.29, 0.717) is 0 Å². The summed E-state index contributed by atoms with van der Waals surface area (Å²) in [6.45, 7) is 10.0. The van der Waals surface area contributed by atoms with Crippen molar-refractivity contribution in [2.24, 2.45) is 9.98 Å². The molecular formula is C31H36N4O2. The van der Waals surface area contributed by atoms with Gasteiger partial charge >= 0.3 is 0 Å². The first-order valence-corrected chi connectivity index (χ1v) is 13.5. The van der Waals surface area contributed by atoms with Crippen molar-refractivity contribution in [1.29, 1.82) is 0 Å². The number of benzene rings is 2. The van der Waals surface area contributed by atoms with Crippen molar-refractivity contribution >= 4 is 34.2 Å². The van der Waals surface area contributed by atoms with E-state index in [9.17, 15) is 0 Å². The minimum atomic E-state index is -0.680. The number of allylic oxidation sites excluding steroid dienone is 4. The summed E-state index contributed by atoms with van der Waals surface area (Å²) >= 11 is 0. The van der Waals surface area contributed by atoms with Gasteiger partial charge in [0.15, 0.2) is 5.66 Å². The largest absolute Gasteiger partial charge is 0.374 e. The summed E-state index contributed by atoms with van der Waals surface area (Å²) in [6, 6.07) is 17.0. The number of rotatable bonds is 2. The number of nitrogens with zero attached hydrogens (tertiary/aromatic N) is 4. The normalized spacial score (nSPS) is 30.6. The first kappa shape index (κ1) is 24.1. The molecule has 0 aliphatic carbocycles. The quantitative estimate of drug-likeness (QED) is 0.446. The second kappa shape index (κ2) is 9.58. The topological polar surface area (TPSA) is 49.7 Å². The van der Waals surface area contributed by atoms with Crippen LogP contribution in [0.2, 0.25) is 0 Å². The fourth-order valence-corrected chi connectivity index (χ4v) is 6.71. The smallest absolute Gasteiger partial charge is 0.175 e. The van der Waals surface area contributed by atoms with Crippen molar-refractivity contribution in [2.75, 3.05) is 23.0 Å². The van der Waals surface area contributed by atoms with Gasteiger partial charge in [-0.2, -0.15) is 0 Å². The van der Waals surface area contributed by atoms with Crippen LogP contribution < -0.4 is 9.80 Å². The maximum Gasteiger partial charge on any atom is 0.175 e. The SMILES string of the molecule is CC1=Nc2ccccc2N2/C(C)=C\C(C)=Nc3ccccc3N(/C(C)=C\1)C2(C1CCCO1)C1CCCO1. The Morgan fingerprint density at radius 1 is 0.676 bits per heavy atom. The molecule has 2 aromatic carbocycles. The van der Waals surface area contributed by atoms with E-state index in [1.807, 2.05) is 0 Å². The van der Waals surface area contributed by atoms with E-state index in [-0.39, 0.29) is 12.2 Å². The van der Waals surface area contributed by atoms with Gasteiger partial charge < -0.3 is 19.3 Å². The van der Waals surface area contributed by atoms with Crippen molar-refractivity contribution in [3.8, 4) is 0 Å². The highest BCUT2D eigenvalue weighted by atomic mass is 16.5. The number of anilines is 2. The van der Waals surface area contributed by atoms with Crippen molar-refractivity contribution in [3.05, 3.63) is 72.1 Å². The van der Waals surface area contributed by atoms with Gasteiger partial charge in [-0.05, 0) is 89.8 Å². The fraction of sp³-hybridized carbons (Fsp3) is 0.419. The van der Waals surface area contributed by atoms with E-state index in [2.05, 4.69) is 98.2 Å². The van der Waals surface area contributed by atoms with Gasteiger partial charge in [-0.15, -0.1) is 0 Å². The number of fused-ring (bicyclic) bond motifs is 6. The van der Waals surface area contributed by atoms with E-state index in [4.69, 9.17) is 19.5 Å². The summed E-state index contributed by atoms with van der Waals surface area (Å²) in [5.74, 6) is 0. The molecule has 6 rings (SSSR count). The zero-order valence-corrected chi connectivity index (χ0v) is 22.3. The Hall–Kier alpha value is -3.22. The van der Waals surface area contributed by atoms with Crippen LogP contribution in [-0.2, 0) is 9.47 Å². The molecule has 6 heteroatoms. The van der Waals surface area contributed by atoms with Gasteiger partial charge in [0.2, 0.25) is 0 Å². The summed E-state index contributed by atoms with van der Waals surface area (Å²) in [7, 11) is 0. The molecule has 37 heavy (non-hydrogen) atoms. The number of ether oxygens (including phenoxy) is 2. The first-order chi connectivity index (χ1) is 18.0. The Labute approximate surface area is 220 Å². The second-order valence-corrected chi connectivity index (χ2v) is 10.5. The van der Waals surface area contributed by atoms with Crippen LogP contribution in [0.1, 0.15) is 53.4 Å². The van der Waals surface area contributed by atoms with Crippen molar-refractivity contribution in [3.63, 3.8) is 0 Å². The fourth-order valence-electron chi connectivity index (χ4n) is 6.71. The van der Waals surface area contributed by atoms with Gasteiger partial charge in [0.25, 0.3) is 0 Å². The lowest BCUT2D eigenvalue weighted by Gasteiger charge is -2.58. The van der Waals surface area contributed by atoms with E-state index < -0.39 is 5.66 Å². The Morgan fingerprint density at radius 3 is 1.51 bits per heavy atom. The molecule has 0 aromatic heterocycles. The van der Waals surface area contributed by atoms with Gasteiger partial charge in [0, 0.05) is 36.0 Å². The highest BCUT2D eigenvalue weighted by molar-refractivity contribution is 6.00. The average molecular weight is 497 g/mol. The number of hydrogen-bond acceptors (Lipinski definition) is 6. The molecule has 2 aromatic rings. The summed E-state index contributed by atoms with van der Waals surface area (Å²) in [5, 5.41) is 0. The van der Waals surface area contributed by atoms with E-state index in [0.717, 1.165) is 84.5 Å². The maximum atomic E-state index is 6.71. The van der Waals surface area contributed by atoms with Crippen molar-refractivity contribution in [2.45, 2.75) is 71.2 Å². The molecular weight excluding hydrogens is 460 g/mol. The zero-order valence-electron chi connectivity index (χ0n) is 22.3. The molecule has 192 valence electrons. The molecule has 2 atom stereocenters. The summed E-state index contributed by atoms with van der Waals surface area (Å²) in [4.78, 5) is 15.2. The van der Waals surface area contributed by atoms with E-state index in [1.54, 1.807) is 0 Å². The minimum Gasteiger partial charge on any atom is -0.374 e. The summed E-state index contributed by atoms with van der Waals surface area (Å²) in [5.41, 5.74) is 7.44. The zero-order chi connectivity index (χ0) is 25.6. The molecule has 2 bridgehead atoms. The summed E-state index contributed by atoms with van der Waals surface area (Å²) < 4.78 is 13.4. The standard InChI is InChI=1S/C31H36N4O2/c1-21-19-23(3)34-28-14-8-6-12-26(28)33-22(2)20-24(4)35(27-13-7-5-11-25(27)32-21)31(34,29-15-9-17-36-29)30-16-10-18-37-30/h5-8,11-14,19-20,29-30H,9-10,15-18H2,1-4H3/b23-19-,24-20-,32-21?,33-22?. The third-order valence-corrected chi connectivity index (χ3v) is 7.90. The Bertz CT molecular complexity index is 1210. The van der Waals surface area contributed by atoms with Crippen LogP contribution >= 0.6 is 0 Å². The Balaban J connectivity index is 1.81. The van der Waals surface area contributed by atoms with Gasteiger partial charge in [0.1, 0.15) is 12.2 Å². The predicted octanol–water partition coefficient (Wildman–Crippen LogP) is 7.07. The molecule has 2 saturated heterocycles. The molecule has 0 N–H and O–H groups in total. The molecule has 0 saturated carbocycles. The first-order valence-electron chi connectivity index (χ1n) is 13.5. The van der Waals surface area contributed by atoms with Crippen LogP contribution in [0.4, 0.5) is 22.7 Å². The lowest BCUT2D eigenvalue weighted by atomic mass is 9.85. The molecule has 2 unspecified atom stereocenters. The molecule has 4 heterocycles. The third kappa shape index (κ3) is 3.94. The van der Waals surface area contributed by atoms with Crippen LogP contribution in [0.15, 0.2) is 82.1 Å². The minimum absolute atomic E-state index is 0.0831. The summed E-state index contributed by atoms with van der Waals surface area (Å²) in [6.07, 6.45) is 8.20. The maximum absolute atomic E-state index is 6.71. The third-order valence-electron chi connectivity index (χ3n) is 7.90. The molecule has 0 radical (unpaired) electrons. The lowest BCUT2D eigenvalue weighted by molar-refractivity contribution is -0.0364. The van der Waals surface area contributed by atoms with Crippen LogP contribution in [-0.4, -0.2) is 42.5 Å². The monoisotopic (exact) mass is 496 g/mol. The van der Waals surface area contributed by atoms with Gasteiger partial charge in [-0.25, -0.2) is 0 Å². The molecule has 6 nitrogen and oxygen atoms in total. The molecule has 2 fully saturated rings.